The minimum atomic E-state index is 0.742. The summed E-state index contributed by atoms with van der Waals surface area (Å²) in [5, 5.41) is 8.60. The van der Waals surface area contributed by atoms with Gasteiger partial charge in [-0.05, 0) is 35.3 Å². The molecule has 0 saturated heterocycles. The lowest BCUT2D eigenvalue weighted by molar-refractivity contribution is 0.617. The summed E-state index contributed by atoms with van der Waals surface area (Å²) in [6.07, 6.45) is 3.88. The third-order valence-electron chi connectivity index (χ3n) is 2.34. The van der Waals surface area contributed by atoms with E-state index in [-0.39, 0.29) is 0 Å². The Labute approximate surface area is 97.0 Å². The number of hydrogen-bond acceptors (Lipinski definition) is 2. The molecule has 2 aromatic rings. The summed E-state index contributed by atoms with van der Waals surface area (Å²) in [6.45, 7) is 4.76. The molecule has 2 rings (SSSR count). The normalized spacial score (nSPS) is 10.9. The lowest BCUT2D eigenvalue weighted by atomic mass is 10.3. The molecule has 0 aromatic carbocycles. The summed E-state index contributed by atoms with van der Waals surface area (Å²) in [7, 11) is 1.95. The highest BCUT2D eigenvalue weighted by atomic mass is 79.9. The number of hydrogen-bond donors (Lipinski definition) is 0. The van der Waals surface area contributed by atoms with Crippen molar-refractivity contribution in [2.45, 2.75) is 20.4 Å². The van der Waals surface area contributed by atoms with Crippen LogP contribution >= 0.6 is 15.9 Å². The highest BCUT2D eigenvalue weighted by Crippen LogP contribution is 2.20. The molecule has 0 atom stereocenters. The van der Waals surface area contributed by atoms with Crippen LogP contribution in [0.3, 0.4) is 0 Å². The van der Waals surface area contributed by atoms with Gasteiger partial charge in [-0.15, -0.1) is 0 Å². The lowest BCUT2D eigenvalue weighted by Gasteiger charge is -2.02. The minimum absolute atomic E-state index is 0.742. The molecule has 0 amide bonds. The summed E-state index contributed by atoms with van der Waals surface area (Å²) in [6, 6.07) is 0. The molecule has 0 bridgehead atoms. The van der Waals surface area contributed by atoms with Gasteiger partial charge >= 0.3 is 0 Å². The van der Waals surface area contributed by atoms with Crippen molar-refractivity contribution in [2.75, 3.05) is 0 Å². The third kappa shape index (κ3) is 1.97. The number of aryl methyl sites for hydroxylation is 3. The van der Waals surface area contributed by atoms with Gasteiger partial charge < -0.3 is 0 Å². The van der Waals surface area contributed by atoms with Crippen molar-refractivity contribution in [2.24, 2.45) is 7.05 Å². The molecule has 4 nitrogen and oxygen atoms in total. The highest BCUT2D eigenvalue weighted by Gasteiger charge is 2.10. The summed E-state index contributed by atoms with van der Waals surface area (Å²) < 4.78 is 4.87. The molecule has 0 radical (unpaired) electrons. The Morgan fingerprint density at radius 2 is 2.13 bits per heavy atom. The van der Waals surface area contributed by atoms with Crippen LogP contribution in [0.25, 0.3) is 0 Å². The summed E-state index contributed by atoms with van der Waals surface area (Å²) in [4.78, 5) is 0. The van der Waals surface area contributed by atoms with Crippen LogP contribution in [-0.2, 0) is 13.6 Å². The summed E-state index contributed by atoms with van der Waals surface area (Å²) in [5.74, 6) is 0. The fraction of sp³-hybridized carbons (Fsp3) is 0.400. The van der Waals surface area contributed by atoms with Gasteiger partial charge in [-0.1, -0.05) is 0 Å². The number of aromatic nitrogens is 4. The van der Waals surface area contributed by atoms with Crippen LogP contribution in [0.15, 0.2) is 16.9 Å². The first kappa shape index (κ1) is 10.4. The molecule has 80 valence electrons. The minimum Gasteiger partial charge on any atom is -0.269 e. The molecular formula is C10H13BrN4. The molecule has 0 N–H and O–H groups in total. The first-order valence-corrected chi connectivity index (χ1v) is 5.54. The van der Waals surface area contributed by atoms with E-state index in [1.165, 1.54) is 5.56 Å². The van der Waals surface area contributed by atoms with E-state index in [0.29, 0.717) is 0 Å². The summed E-state index contributed by atoms with van der Waals surface area (Å²) >= 11 is 3.54. The lowest BCUT2D eigenvalue weighted by Crippen LogP contribution is -2.06. The van der Waals surface area contributed by atoms with Gasteiger partial charge in [0.05, 0.1) is 28.6 Å². The SMILES string of the molecule is Cc1cnn(Cc2c(Br)c(C)nn2C)c1. The van der Waals surface area contributed by atoms with E-state index in [9.17, 15) is 0 Å². The molecule has 2 aromatic heterocycles. The Hall–Kier alpha value is -1.10. The van der Waals surface area contributed by atoms with E-state index in [1.54, 1.807) is 0 Å². The van der Waals surface area contributed by atoms with Gasteiger partial charge in [-0.3, -0.25) is 9.36 Å². The monoisotopic (exact) mass is 268 g/mol. The van der Waals surface area contributed by atoms with Gasteiger partial charge in [0.25, 0.3) is 0 Å². The molecule has 0 aliphatic rings. The molecule has 0 spiro atoms. The maximum absolute atomic E-state index is 4.34. The van der Waals surface area contributed by atoms with Crippen molar-refractivity contribution in [1.82, 2.24) is 19.6 Å². The third-order valence-corrected chi connectivity index (χ3v) is 3.37. The van der Waals surface area contributed by atoms with E-state index < -0.39 is 0 Å². The van der Waals surface area contributed by atoms with Gasteiger partial charge in [0.1, 0.15) is 0 Å². The van der Waals surface area contributed by atoms with Crippen LogP contribution in [0.1, 0.15) is 17.0 Å². The maximum Gasteiger partial charge on any atom is 0.0839 e. The number of halogens is 1. The van der Waals surface area contributed by atoms with Gasteiger partial charge in [-0.2, -0.15) is 10.2 Å². The standard InChI is InChI=1S/C10H13BrN4/c1-7-4-12-15(5-7)6-9-10(11)8(2)13-14(9)3/h4-5H,6H2,1-3H3. The van der Waals surface area contributed by atoms with Crippen molar-refractivity contribution in [3.05, 3.63) is 33.8 Å². The fourth-order valence-corrected chi connectivity index (χ4v) is 2.02. The predicted molar refractivity (Wildman–Crippen MR) is 61.7 cm³/mol. The van der Waals surface area contributed by atoms with E-state index in [1.807, 2.05) is 42.7 Å². The quantitative estimate of drug-likeness (QED) is 0.836. The van der Waals surface area contributed by atoms with E-state index >= 15 is 0 Å². The molecule has 0 fully saturated rings. The van der Waals surface area contributed by atoms with Crippen LogP contribution < -0.4 is 0 Å². The second-order valence-corrected chi connectivity index (χ2v) is 4.48. The van der Waals surface area contributed by atoms with Gasteiger partial charge in [0.2, 0.25) is 0 Å². The number of nitrogens with zero attached hydrogens (tertiary/aromatic N) is 4. The topological polar surface area (TPSA) is 35.6 Å². The Morgan fingerprint density at radius 3 is 2.60 bits per heavy atom. The van der Waals surface area contributed by atoms with Crippen LogP contribution in [0, 0.1) is 13.8 Å². The zero-order valence-electron chi connectivity index (χ0n) is 9.03. The van der Waals surface area contributed by atoms with E-state index in [0.717, 1.165) is 22.4 Å². The second-order valence-electron chi connectivity index (χ2n) is 3.68. The second kappa shape index (κ2) is 3.81. The maximum atomic E-state index is 4.34. The molecule has 15 heavy (non-hydrogen) atoms. The molecule has 5 heteroatoms. The van der Waals surface area contributed by atoms with Crippen molar-refractivity contribution >= 4 is 15.9 Å². The van der Waals surface area contributed by atoms with Crippen LogP contribution in [0.5, 0.6) is 0 Å². The van der Waals surface area contributed by atoms with Gasteiger partial charge in [-0.25, -0.2) is 0 Å². The Morgan fingerprint density at radius 1 is 1.40 bits per heavy atom. The van der Waals surface area contributed by atoms with Crippen LogP contribution in [0.2, 0.25) is 0 Å². The van der Waals surface area contributed by atoms with E-state index in [2.05, 4.69) is 26.1 Å². The number of rotatable bonds is 2. The predicted octanol–water partition coefficient (Wildman–Crippen LogP) is 2.04. The fourth-order valence-electron chi connectivity index (χ4n) is 1.56. The first-order chi connectivity index (χ1) is 7.08. The zero-order chi connectivity index (χ0) is 11.0. The average Bonchev–Trinajstić information content (AvgIpc) is 2.67. The highest BCUT2D eigenvalue weighted by molar-refractivity contribution is 9.10. The molecule has 0 aliphatic heterocycles. The molecule has 2 heterocycles. The van der Waals surface area contributed by atoms with Crippen molar-refractivity contribution < 1.29 is 0 Å². The molecule has 0 unspecified atom stereocenters. The Balaban J connectivity index is 2.31. The van der Waals surface area contributed by atoms with Crippen LogP contribution in [-0.4, -0.2) is 19.6 Å². The molecule has 0 saturated carbocycles. The molecule has 0 aliphatic carbocycles. The van der Waals surface area contributed by atoms with Crippen LogP contribution in [0.4, 0.5) is 0 Å². The molecular weight excluding hydrogens is 256 g/mol. The van der Waals surface area contributed by atoms with Crippen molar-refractivity contribution in [1.29, 1.82) is 0 Å². The smallest absolute Gasteiger partial charge is 0.0839 e. The van der Waals surface area contributed by atoms with Gasteiger partial charge in [0, 0.05) is 13.2 Å². The van der Waals surface area contributed by atoms with E-state index in [4.69, 9.17) is 0 Å². The summed E-state index contributed by atoms with van der Waals surface area (Å²) in [5.41, 5.74) is 3.32. The van der Waals surface area contributed by atoms with Crippen molar-refractivity contribution in [3.8, 4) is 0 Å². The van der Waals surface area contributed by atoms with Gasteiger partial charge in [0.15, 0.2) is 0 Å². The first-order valence-electron chi connectivity index (χ1n) is 4.75. The Bertz CT molecular complexity index is 484. The Kier molecular flexibility index (Phi) is 2.65. The largest absolute Gasteiger partial charge is 0.269 e. The van der Waals surface area contributed by atoms with Crippen molar-refractivity contribution in [3.63, 3.8) is 0 Å². The zero-order valence-corrected chi connectivity index (χ0v) is 10.6. The average molecular weight is 269 g/mol.